The molecule has 0 saturated heterocycles. The Hall–Kier alpha value is -3.57. The molecule has 0 N–H and O–H groups in total. The highest BCUT2D eigenvalue weighted by Gasteiger charge is 2.14. The summed E-state index contributed by atoms with van der Waals surface area (Å²) in [5, 5.41) is 1.31. The molecular formula is C25H19ClO5. The van der Waals surface area contributed by atoms with Crippen LogP contribution in [-0.4, -0.2) is 12.6 Å². The van der Waals surface area contributed by atoms with Crippen LogP contribution in [0.2, 0.25) is 5.02 Å². The lowest BCUT2D eigenvalue weighted by Crippen LogP contribution is -2.14. The van der Waals surface area contributed by atoms with Crippen LogP contribution in [0.25, 0.3) is 22.1 Å². The molecule has 0 spiro atoms. The minimum atomic E-state index is -0.470. The number of aryl methyl sites for hydroxylation is 1. The Bertz CT molecular complexity index is 1280. The van der Waals surface area contributed by atoms with E-state index in [0.29, 0.717) is 27.5 Å². The summed E-state index contributed by atoms with van der Waals surface area (Å²) in [6.45, 7) is 1.81. The van der Waals surface area contributed by atoms with Crippen molar-refractivity contribution in [1.29, 1.82) is 0 Å². The van der Waals surface area contributed by atoms with Crippen molar-refractivity contribution in [2.75, 3.05) is 6.61 Å². The van der Waals surface area contributed by atoms with E-state index >= 15 is 0 Å². The molecule has 0 aliphatic heterocycles. The van der Waals surface area contributed by atoms with Crippen LogP contribution in [0, 0.1) is 6.92 Å². The maximum Gasteiger partial charge on any atom is 0.344 e. The molecule has 0 unspecified atom stereocenters. The first-order chi connectivity index (χ1) is 15.0. The Morgan fingerprint density at radius 3 is 2.48 bits per heavy atom. The number of fused-ring (bicyclic) bond motifs is 1. The van der Waals surface area contributed by atoms with Gasteiger partial charge in [-0.15, -0.1) is 0 Å². The molecule has 1 heterocycles. The molecule has 31 heavy (non-hydrogen) atoms. The van der Waals surface area contributed by atoms with Crippen LogP contribution >= 0.6 is 11.6 Å². The summed E-state index contributed by atoms with van der Waals surface area (Å²) in [5.74, 6) is 0.00489. The molecule has 0 aliphatic rings. The highest BCUT2D eigenvalue weighted by molar-refractivity contribution is 6.30. The molecule has 0 atom stereocenters. The van der Waals surface area contributed by atoms with Crippen molar-refractivity contribution < 1.29 is 18.7 Å². The summed E-state index contributed by atoms with van der Waals surface area (Å²) in [6.07, 6.45) is 0. The average Bonchev–Trinajstić information content (AvgIpc) is 2.78. The predicted molar refractivity (Wildman–Crippen MR) is 119 cm³/mol. The van der Waals surface area contributed by atoms with Crippen LogP contribution in [0.15, 0.2) is 82.0 Å². The fourth-order valence-electron chi connectivity index (χ4n) is 3.29. The highest BCUT2D eigenvalue weighted by atomic mass is 35.5. The number of ether oxygens (including phenoxy) is 2. The van der Waals surface area contributed by atoms with Gasteiger partial charge in [0, 0.05) is 10.4 Å². The van der Waals surface area contributed by atoms with E-state index < -0.39 is 11.6 Å². The van der Waals surface area contributed by atoms with Gasteiger partial charge in [-0.2, -0.15) is 0 Å². The van der Waals surface area contributed by atoms with Crippen LogP contribution < -0.4 is 10.4 Å². The SMILES string of the molecule is Cc1c(-c2ccc(Cl)cc2)c(=O)oc2ccc(OCC(=O)OCc3ccccc3)cc12. The topological polar surface area (TPSA) is 65.7 Å². The van der Waals surface area contributed by atoms with Crippen molar-refractivity contribution in [3.8, 4) is 16.9 Å². The van der Waals surface area contributed by atoms with Gasteiger partial charge in [-0.1, -0.05) is 54.1 Å². The maximum atomic E-state index is 12.5. The number of benzene rings is 3. The zero-order valence-corrected chi connectivity index (χ0v) is 17.5. The molecule has 5 nitrogen and oxygen atoms in total. The van der Waals surface area contributed by atoms with E-state index in [2.05, 4.69) is 0 Å². The number of carbonyl (C=O) groups excluding carboxylic acids is 1. The van der Waals surface area contributed by atoms with Crippen LogP contribution in [0.3, 0.4) is 0 Å². The fourth-order valence-corrected chi connectivity index (χ4v) is 3.42. The minimum Gasteiger partial charge on any atom is -0.482 e. The number of hydrogen-bond donors (Lipinski definition) is 0. The molecule has 0 aliphatic carbocycles. The molecule has 4 aromatic rings. The quantitative estimate of drug-likeness (QED) is 0.294. The third-order valence-electron chi connectivity index (χ3n) is 4.87. The lowest BCUT2D eigenvalue weighted by atomic mass is 9.99. The Morgan fingerprint density at radius 1 is 1.00 bits per heavy atom. The van der Waals surface area contributed by atoms with E-state index in [1.165, 1.54) is 0 Å². The van der Waals surface area contributed by atoms with E-state index in [9.17, 15) is 9.59 Å². The summed E-state index contributed by atoms with van der Waals surface area (Å²) in [5.41, 5.74) is 2.86. The first kappa shape index (κ1) is 20.7. The van der Waals surface area contributed by atoms with Crippen LogP contribution in [0.4, 0.5) is 0 Å². The zero-order chi connectivity index (χ0) is 21.8. The standard InChI is InChI=1S/C25H19ClO5/c1-16-21-13-20(29-15-23(27)30-14-17-5-3-2-4-6-17)11-12-22(21)31-25(28)24(16)18-7-9-19(26)10-8-18/h2-13H,14-15H2,1H3. The van der Waals surface area contributed by atoms with Crippen LogP contribution in [0.5, 0.6) is 5.75 Å². The summed E-state index contributed by atoms with van der Waals surface area (Å²) >= 11 is 5.96. The van der Waals surface area contributed by atoms with E-state index in [1.54, 1.807) is 42.5 Å². The van der Waals surface area contributed by atoms with Gasteiger partial charge in [-0.05, 0) is 53.9 Å². The van der Waals surface area contributed by atoms with Gasteiger partial charge >= 0.3 is 11.6 Å². The number of carbonyl (C=O) groups is 1. The number of esters is 1. The first-order valence-electron chi connectivity index (χ1n) is 9.67. The highest BCUT2D eigenvalue weighted by Crippen LogP contribution is 2.29. The maximum absolute atomic E-state index is 12.5. The Morgan fingerprint density at radius 2 is 1.74 bits per heavy atom. The van der Waals surface area contributed by atoms with Crippen molar-refractivity contribution in [1.82, 2.24) is 0 Å². The first-order valence-corrected chi connectivity index (χ1v) is 10.0. The lowest BCUT2D eigenvalue weighted by Gasteiger charge is -2.11. The summed E-state index contributed by atoms with van der Waals surface area (Å²) < 4.78 is 16.3. The molecule has 6 heteroatoms. The molecule has 156 valence electrons. The van der Waals surface area contributed by atoms with Crippen molar-refractivity contribution >= 4 is 28.5 Å². The van der Waals surface area contributed by atoms with Gasteiger partial charge in [0.1, 0.15) is 17.9 Å². The Kier molecular flexibility index (Phi) is 6.05. The molecule has 3 aromatic carbocycles. The van der Waals surface area contributed by atoms with Crippen LogP contribution in [-0.2, 0) is 16.1 Å². The number of hydrogen-bond acceptors (Lipinski definition) is 5. The molecule has 1 aromatic heterocycles. The molecule has 0 radical (unpaired) electrons. The largest absolute Gasteiger partial charge is 0.482 e. The molecule has 0 amide bonds. The van der Waals surface area contributed by atoms with E-state index in [0.717, 1.165) is 16.5 Å². The van der Waals surface area contributed by atoms with Crippen molar-refractivity contribution in [3.05, 3.63) is 99.4 Å². The molecule has 4 rings (SSSR count). The Labute approximate surface area is 183 Å². The summed E-state index contributed by atoms with van der Waals surface area (Å²) in [7, 11) is 0. The third-order valence-corrected chi connectivity index (χ3v) is 5.12. The van der Waals surface area contributed by atoms with Crippen molar-refractivity contribution in [2.45, 2.75) is 13.5 Å². The van der Waals surface area contributed by atoms with E-state index in [-0.39, 0.29) is 13.2 Å². The van der Waals surface area contributed by atoms with Crippen molar-refractivity contribution in [3.63, 3.8) is 0 Å². The van der Waals surface area contributed by atoms with Gasteiger partial charge in [0.25, 0.3) is 0 Å². The summed E-state index contributed by atoms with van der Waals surface area (Å²) in [6, 6.07) is 21.5. The smallest absolute Gasteiger partial charge is 0.344 e. The second-order valence-electron chi connectivity index (χ2n) is 6.99. The zero-order valence-electron chi connectivity index (χ0n) is 16.8. The van der Waals surface area contributed by atoms with Gasteiger partial charge in [0.05, 0.1) is 5.56 Å². The van der Waals surface area contributed by atoms with Gasteiger partial charge in [0.15, 0.2) is 6.61 Å². The number of rotatable bonds is 6. The summed E-state index contributed by atoms with van der Waals surface area (Å²) in [4.78, 5) is 24.5. The third kappa shape index (κ3) is 4.78. The number of halogens is 1. The predicted octanol–water partition coefficient (Wildman–Crippen LogP) is 5.54. The van der Waals surface area contributed by atoms with Gasteiger partial charge in [0.2, 0.25) is 0 Å². The van der Waals surface area contributed by atoms with Gasteiger partial charge in [-0.3, -0.25) is 0 Å². The van der Waals surface area contributed by atoms with Gasteiger partial charge in [-0.25, -0.2) is 9.59 Å². The molecule has 0 saturated carbocycles. The monoisotopic (exact) mass is 434 g/mol. The minimum absolute atomic E-state index is 0.190. The van der Waals surface area contributed by atoms with E-state index in [1.807, 2.05) is 37.3 Å². The lowest BCUT2D eigenvalue weighted by molar-refractivity contribution is -0.147. The van der Waals surface area contributed by atoms with Crippen molar-refractivity contribution in [2.24, 2.45) is 0 Å². The fraction of sp³-hybridized carbons (Fsp3) is 0.120. The van der Waals surface area contributed by atoms with E-state index in [4.69, 9.17) is 25.5 Å². The normalized spacial score (nSPS) is 10.8. The van der Waals surface area contributed by atoms with Gasteiger partial charge < -0.3 is 13.9 Å². The molecule has 0 fully saturated rings. The average molecular weight is 435 g/mol. The molecule has 0 bridgehead atoms. The second-order valence-corrected chi connectivity index (χ2v) is 7.43. The Balaban J connectivity index is 1.52. The molecular weight excluding hydrogens is 416 g/mol. The second kappa shape index (κ2) is 9.06. The van der Waals surface area contributed by atoms with Crippen LogP contribution in [0.1, 0.15) is 11.1 Å².